The Labute approximate surface area is 170 Å². The van der Waals surface area contributed by atoms with Crippen molar-refractivity contribution < 1.29 is 40.3 Å². The molecule has 0 saturated carbocycles. The number of aldehydes is 1. The fraction of sp³-hybridized carbons (Fsp3) is 0.316. The first-order valence-electron chi connectivity index (χ1n) is 8.40. The normalized spacial score (nSPS) is 19.5. The first-order valence-corrected chi connectivity index (χ1v) is 8.78. The average molecular weight is 456 g/mol. The Morgan fingerprint density at radius 1 is 1.03 bits per heavy atom. The van der Waals surface area contributed by atoms with Crippen LogP contribution < -0.4 is 5.32 Å². The molecule has 1 heterocycles. The molecule has 0 radical (unpaired) electrons. The highest BCUT2D eigenvalue weighted by atomic mass is 35.5. The predicted molar refractivity (Wildman–Crippen MR) is 93.8 cm³/mol. The van der Waals surface area contributed by atoms with Gasteiger partial charge in [-0.3, -0.25) is 0 Å². The number of hydrogen-bond donors (Lipinski definition) is 1. The van der Waals surface area contributed by atoms with Crippen LogP contribution in [0.4, 0.5) is 36.4 Å². The summed E-state index contributed by atoms with van der Waals surface area (Å²) in [5.41, 5.74) is -6.26. The van der Waals surface area contributed by atoms with E-state index in [2.05, 4.69) is 5.32 Å². The molecule has 0 spiro atoms. The molecule has 3 rings (SSSR count). The van der Waals surface area contributed by atoms with Crippen molar-refractivity contribution in [3.63, 3.8) is 0 Å². The molecule has 162 valence electrons. The van der Waals surface area contributed by atoms with Gasteiger partial charge in [-0.1, -0.05) is 35.9 Å². The van der Waals surface area contributed by atoms with Crippen molar-refractivity contribution in [3.05, 3.63) is 63.7 Å². The van der Waals surface area contributed by atoms with Gasteiger partial charge in [0, 0.05) is 21.8 Å². The largest absolute Gasteiger partial charge is 0.435 e. The molecule has 0 aliphatic carbocycles. The van der Waals surface area contributed by atoms with Crippen molar-refractivity contribution in [1.82, 2.24) is 0 Å². The van der Waals surface area contributed by atoms with E-state index in [1.54, 1.807) is 12.1 Å². The van der Waals surface area contributed by atoms with Crippen LogP contribution in [0.1, 0.15) is 34.6 Å². The average Bonchev–Trinajstić information content (AvgIpc) is 2.99. The van der Waals surface area contributed by atoms with Crippen LogP contribution in [0.2, 0.25) is 5.02 Å². The first kappa shape index (κ1) is 22.4. The Morgan fingerprint density at radius 2 is 1.67 bits per heavy atom. The number of aryl methyl sites for hydroxylation is 1. The van der Waals surface area contributed by atoms with E-state index in [4.69, 9.17) is 16.3 Å². The number of carbonyl (C=O) groups is 1. The topological polar surface area (TPSA) is 38.3 Å². The van der Waals surface area contributed by atoms with Gasteiger partial charge >= 0.3 is 18.0 Å². The molecular formula is C19H13ClF7NO2. The predicted octanol–water partition coefficient (Wildman–Crippen LogP) is 6.32. The Kier molecular flexibility index (Phi) is 5.53. The van der Waals surface area contributed by atoms with Crippen LogP contribution in [-0.2, 0) is 15.2 Å². The van der Waals surface area contributed by atoms with Gasteiger partial charge in [-0.05, 0) is 30.2 Å². The molecule has 2 unspecified atom stereocenters. The van der Waals surface area contributed by atoms with E-state index < -0.39 is 35.9 Å². The highest BCUT2D eigenvalue weighted by molar-refractivity contribution is 6.31. The van der Waals surface area contributed by atoms with E-state index in [1.165, 1.54) is 13.0 Å². The lowest BCUT2D eigenvalue weighted by Crippen LogP contribution is -2.50. The monoisotopic (exact) mass is 455 g/mol. The molecule has 0 saturated heterocycles. The number of alkyl halides is 7. The van der Waals surface area contributed by atoms with Crippen LogP contribution in [0.15, 0.2) is 36.4 Å². The fourth-order valence-corrected chi connectivity index (χ4v) is 3.53. The summed E-state index contributed by atoms with van der Waals surface area (Å²) in [4.78, 5) is 11.2. The van der Waals surface area contributed by atoms with Crippen LogP contribution >= 0.6 is 11.6 Å². The molecule has 1 aliphatic heterocycles. The first-order chi connectivity index (χ1) is 13.8. The Morgan fingerprint density at radius 3 is 2.20 bits per heavy atom. The minimum absolute atomic E-state index is 0.0767. The van der Waals surface area contributed by atoms with E-state index in [0.29, 0.717) is 29.5 Å². The van der Waals surface area contributed by atoms with Gasteiger partial charge in [0.1, 0.15) is 6.10 Å². The highest BCUT2D eigenvalue weighted by Crippen LogP contribution is 2.53. The summed E-state index contributed by atoms with van der Waals surface area (Å²) in [6, 6.07) is 6.47. The lowest BCUT2D eigenvalue weighted by atomic mass is 9.92. The van der Waals surface area contributed by atoms with Crippen molar-refractivity contribution >= 4 is 23.6 Å². The number of rotatable bonds is 4. The molecule has 2 aromatic rings. The van der Waals surface area contributed by atoms with E-state index in [9.17, 15) is 35.5 Å². The Balaban J connectivity index is 1.98. The van der Waals surface area contributed by atoms with E-state index in [0.717, 1.165) is 6.07 Å². The second-order valence-electron chi connectivity index (χ2n) is 6.64. The number of anilines is 1. The van der Waals surface area contributed by atoms with Gasteiger partial charge < -0.3 is 14.8 Å². The molecule has 30 heavy (non-hydrogen) atoms. The Bertz CT molecular complexity index is 960. The molecule has 11 heteroatoms. The highest BCUT2D eigenvalue weighted by Gasteiger charge is 2.73. The molecule has 1 aliphatic rings. The molecule has 0 aromatic heterocycles. The van der Waals surface area contributed by atoms with Crippen molar-refractivity contribution in [2.75, 3.05) is 5.32 Å². The maximum absolute atomic E-state index is 14.3. The van der Waals surface area contributed by atoms with Gasteiger partial charge in [0.15, 0.2) is 12.5 Å². The van der Waals surface area contributed by atoms with Crippen molar-refractivity contribution in [3.8, 4) is 0 Å². The summed E-state index contributed by atoms with van der Waals surface area (Å²) < 4.78 is 97.5. The summed E-state index contributed by atoms with van der Waals surface area (Å²) in [6.07, 6.45) is -13.8. The molecular weight excluding hydrogens is 443 g/mol. The molecule has 0 amide bonds. The number of fused-ring (bicyclic) bond motifs is 1. The number of nitrogens with one attached hydrogen (secondary N) is 1. The van der Waals surface area contributed by atoms with E-state index >= 15 is 0 Å². The maximum Gasteiger partial charge on any atom is 0.435 e. The molecule has 0 bridgehead atoms. The molecule has 1 N–H and O–H groups in total. The SMILES string of the molecule is Cc1cc(C(F)(C(F)(F)F)C(F)(F)F)ccc1NC1OC(C=O)c2cccc(Cl)c21. The van der Waals surface area contributed by atoms with Crippen LogP contribution in [0.3, 0.4) is 0 Å². The summed E-state index contributed by atoms with van der Waals surface area (Å²) in [6.45, 7) is 1.21. The van der Waals surface area contributed by atoms with E-state index in [-0.39, 0.29) is 16.3 Å². The van der Waals surface area contributed by atoms with Gasteiger partial charge in [0.2, 0.25) is 0 Å². The lowest BCUT2D eigenvalue weighted by molar-refractivity contribution is -0.348. The molecule has 3 nitrogen and oxygen atoms in total. The van der Waals surface area contributed by atoms with Crippen LogP contribution in [0.25, 0.3) is 0 Å². The third kappa shape index (κ3) is 3.51. The van der Waals surface area contributed by atoms with Crippen molar-refractivity contribution in [2.45, 2.75) is 37.3 Å². The smallest absolute Gasteiger partial charge is 0.356 e. The van der Waals surface area contributed by atoms with Gasteiger partial charge in [-0.2, -0.15) is 26.3 Å². The number of carbonyl (C=O) groups excluding carboxylic acids is 1. The number of benzene rings is 2. The van der Waals surface area contributed by atoms with Crippen LogP contribution in [0, 0.1) is 6.92 Å². The zero-order valence-corrected chi connectivity index (χ0v) is 15.8. The third-order valence-corrected chi connectivity index (χ3v) is 5.08. The minimum atomic E-state index is -6.20. The second kappa shape index (κ2) is 7.42. The fourth-order valence-electron chi connectivity index (χ4n) is 3.25. The summed E-state index contributed by atoms with van der Waals surface area (Å²) in [5.74, 6) is 0. The van der Waals surface area contributed by atoms with Crippen molar-refractivity contribution in [1.29, 1.82) is 0 Å². The second-order valence-corrected chi connectivity index (χ2v) is 7.05. The van der Waals surface area contributed by atoms with Gasteiger partial charge in [-0.25, -0.2) is 4.39 Å². The number of hydrogen-bond acceptors (Lipinski definition) is 3. The van der Waals surface area contributed by atoms with Gasteiger partial charge in [0.05, 0.1) is 0 Å². The number of ether oxygens (including phenoxy) is 1. The lowest BCUT2D eigenvalue weighted by Gasteiger charge is -2.31. The Hall–Kier alpha value is -2.33. The maximum atomic E-state index is 14.3. The zero-order valence-electron chi connectivity index (χ0n) is 15.0. The molecule has 0 fully saturated rings. The third-order valence-electron chi connectivity index (χ3n) is 4.75. The zero-order chi connectivity index (χ0) is 22.5. The van der Waals surface area contributed by atoms with E-state index in [1.807, 2.05) is 0 Å². The van der Waals surface area contributed by atoms with Crippen molar-refractivity contribution in [2.24, 2.45) is 0 Å². The quantitative estimate of drug-likeness (QED) is 0.433. The molecule has 2 atom stereocenters. The van der Waals surface area contributed by atoms with Gasteiger partial charge in [-0.15, -0.1) is 0 Å². The summed E-state index contributed by atoms with van der Waals surface area (Å²) in [7, 11) is 0. The van der Waals surface area contributed by atoms with Crippen LogP contribution in [-0.4, -0.2) is 18.6 Å². The molecule has 2 aromatic carbocycles. The summed E-state index contributed by atoms with van der Waals surface area (Å²) in [5, 5.41) is 3.03. The standard InChI is InChI=1S/C19H13ClF7NO2/c1-9-7-10(17(21,18(22,23)24)19(25,26)27)5-6-13(9)28-16-15-11(14(8-29)30-16)3-2-4-12(15)20/h2-8,14,16,28H,1H3. The van der Waals surface area contributed by atoms with Crippen LogP contribution in [0.5, 0.6) is 0 Å². The number of halogens is 8. The summed E-state index contributed by atoms with van der Waals surface area (Å²) >= 11 is 6.14. The minimum Gasteiger partial charge on any atom is -0.356 e. The van der Waals surface area contributed by atoms with Gasteiger partial charge in [0.25, 0.3) is 0 Å².